The molecule has 0 saturated carbocycles. The summed E-state index contributed by atoms with van der Waals surface area (Å²) >= 11 is 12.4. The second-order valence-corrected chi connectivity index (χ2v) is 8.71. The Bertz CT molecular complexity index is 1550. The Morgan fingerprint density at radius 3 is 2.43 bits per heavy atom. The topological polar surface area (TPSA) is 83.4 Å². The molecule has 1 heterocycles. The molecule has 4 aromatic rings. The average Bonchev–Trinajstić information content (AvgIpc) is 2.86. The molecule has 4 rings (SSSR count). The van der Waals surface area contributed by atoms with Gasteiger partial charge in [0.15, 0.2) is 0 Å². The van der Waals surface area contributed by atoms with Crippen LogP contribution in [-0.2, 0) is 4.79 Å². The first-order valence-electron chi connectivity index (χ1n) is 10.7. The van der Waals surface area contributed by atoms with Crippen LogP contribution in [0.5, 0.6) is 0 Å². The number of halogens is 5. The molecule has 0 atom stereocenters. The molecule has 1 aromatic heterocycles. The van der Waals surface area contributed by atoms with Gasteiger partial charge in [-0.25, -0.2) is 10.4 Å². The third-order valence-electron chi connectivity index (χ3n) is 5.29. The molecule has 0 unspecified atom stereocenters. The van der Waals surface area contributed by atoms with Crippen molar-refractivity contribution in [2.45, 2.75) is 13.1 Å². The van der Waals surface area contributed by atoms with Gasteiger partial charge in [-0.3, -0.25) is 9.59 Å². The molecule has 0 bridgehead atoms. The number of amides is 2. The Labute approximate surface area is 219 Å². The number of alkyl halides is 3. The van der Waals surface area contributed by atoms with Crippen LogP contribution in [0.2, 0.25) is 10.0 Å². The molecule has 0 spiro atoms. The fourth-order valence-electron chi connectivity index (χ4n) is 3.48. The van der Waals surface area contributed by atoms with E-state index in [-0.39, 0.29) is 11.3 Å². The molecule has 188 valence electrons. The summed E-state index contributed by atoms with van der Waals surface area (Å²) in [6, 6.07) is 19.3. The number of carbonyl (C=O) groups excluding carboxylic acids is 2. The van der Waals surface area contributed by atoms with E-state index >= 15 is 0 Å². The number of para-hydroxylation sites is 1. The van der Waals surface area contributed by atoms with Crippen LogP contribution < -0.4 is 10.7 Å². The van der Waals surface area contributed by atoms with E-state index in [9.17, 15) is 22.8 Å². The van der Waals surface area contributed by atoms with Gasteiger partial charge in [0, 0.05) is 21.7 Å². The number of nitrogens with one attached hydrogen (secondary N) is 2. The third kappa shape index (κ3) is 6.07. The number of aromatic nitrogens is 1. The smallest absolute Gasteiger partial charge is 0.318 e. The summed E-state index contributed by atoms with van der Waals surface area (Å²) < 4.78 is 37.7. The van der Waals surface area contributed by atoms with Crippen molar-refractivity contribution in [3.8, 4) is 11.3 Å². The van der Waals surface area contributed by atoms with E-state index in [1.54, 1.807) is 66.8 Å². The van der Waals surface area contributed by atoms with Gasteiger partial charge < -0.3 is 5.32 Å². The van der Waals surface area contributed by atoms with Crippen LogP contribution in [0, 0.1) is 0 Å². The first-order valence-corrected chi connectivity index (χ1v) is 11.5. The lowest BCUT2D eigenvalue weighted by atomic mass is 10.0. The largest absolute Gasteiger partial charge is 0.471 e. The molecule has 0 saturated heterocycles. The van der Waals surface area contributed by atoms with Gasteiger partial charge in [-0.15, -0.1) is 0 Å². The highest BCUT2D eigenvalue weighted by molar-refractivity contribution is 6.36. The highest BCUT2D eigenvalue weighted by Crippen LogP contribution is 2.32. The number of nitrogens with zero attached hydrogens (tertiary/aromatic N) is 2. The monoisotopic (exact) mass is 544 g/mol. The van der Waals surface area contributed by atoms with Crippen LogP contribution in [0.15, 0.2) is 77.9 Å². The fraction of sp³-hybridized carbons (Fsp3) is 0.0769. The maximum absolute atomic E-state index is 13.2. The number of rotatable bonds is 5. The third-order valence-corrected chi connectivity index (χ3v) is 5.84. The SMILES string of the molecule is C/C(=N/NC(=O)c1cc(-c2ccc(Cl)cc2Cl)nc2ccccc12)c1cccc(NC(=O)C(F)(F)F)c1. The second kappa shape index (κ2) is 10.6. The first kappa shape index (κ1) is 26.1. The van der Waals surface area contributed by atoms with Gasteiger partial charge in [-0.1, -0.05) is 53.5 Å². The van der Waals surface area contributed by atoms with Crippen molar-refractivity contribution in [2.24, 2.45) is 5.10 Å². The van der Waals surface area contributed by atoms with Crippen molar-refractivity contribution in [3.05, 3.63) is 94.0 Å². The molecular weight excluding hydrogens is 528 g/mol. The Morgan fingerprint density at radius 1 is 0.946 bits per heavy atom. The van der Waals surface area contributed by atoms with Gasteiger partial charge in [0.05, 0.1) is 27.5 Å². The molecule has 0 aliphatic heterocycles. The summed E-state index contributed by atoms with van der Waals surface area (Å²) in [5.41, 5.74) is 5.00. The predicted octanol–water partition coefficient (Wildman–Crippen LogP) is 6.86. The number of benzene rings is 3. The van der Waals surface area contributed by atoms with Crippen LogP contribution >= 0.6 is 23.2 Å². The average molecular weight is 545 g/mol. The summed E-state index contributed by atoms with van der Waals surface area (Å²) in [4.78, 5) is 29.0. The second-order valence-electron chi connectivity index (χ2n) is 7.87. The zero-order valence-electron chi connectivity index (χ0n) is 19.0. The summed E-state index contributed by atoms with van der Waals surface area (Å²) in [6.07, 6.45) is -5.02. The number of hydrogen-bond acceptors (Lipinski definition) is 4. The lowest BCUT2D eigenvalue weighted by Gasteiger charge is -2.11. The van der Waals surface area contributed by atoms with Gasteiger partial charge in [0.1, 0.15) is 0 Å². The molecule has 37 heavy (non-hydrogen) atoms. The van der Waals surface area contributed by atoms with Gasteiger partial charge in [0.2, 0.25) is 0 Å². The minimum Gasteiger partial charge on any atom is -0.318 e. The first-order chi connectivity index (χ1) is 17.5. The van der Waals surface area contributed by atoms with Gasteiger partial charge in [-0.2, -0.15) is 18.3 Å². The van der Waals surface area contributed by atoms with Crippen molar-refractivity contribution >= 4 is 57.3 Å². The molecule has 11 heteroatoms. The molecule has 2 amide bonds. The van der Waals surface area contributed by atoms with Gasteiger partial charge in [-0.05, 0) is 55.0 Å². The predicted molar refractivity (Wildman–Crippen MR) is 138 cm³/mol. The van der Waals surface area contributed by atoms with Crippen molar-refractivity contribution < 1.29 is 22.8 Å². The molecule has 2 N–H and O–H groups in total. The number of fused-ring (bicyclic) bond motifs is 1. The molecule has 3 aromatic carbocycles. The maximum atomic E-state index is 13.2. The lowest BCUT2D eigenvalue weighted by molar-refractivity contribution is -0.167. The Kier molecular flexibility index (Phi) is 7.47. The molecule has 0 aliphatic rings. The standard InChI is InChI=1S/C26H17Cl2F3N4O2/c1-14(15-5-4-6-17(11-15)32-25(37)26(29,30)31)34-35-24(36)20-13-23(19-10-9-16(27)12-21(19)28)33-22-8-3-2-7-18(20)22/h2-13H,1H3,(H,32,37)(H,35,36)/b34-14-. The fourth-order valence-corrected chi connectivity index (χ4v) is 3.99. The number of anilines is 1. The Hall–Kier alpha value is -3.95. The minimum absolute atomic E-state index is 0.0645. The van der Waals surface area contributed by atoms with E-state index in [4.69, 9.17) is 23.2 Å². The Balaban J connectivity index is 1.63. The van der Waals surface area contributed by atoms with E-state index in [0.717, 1.165) is 0 Å². The highest BCUT2D eigenvalue weighted by Gasteiger charge is 2.38. The van der Waals surface area contributed by atoms with E-state index in [1.807, 2.05) is 0 Å². The van der Waals surface area contributed by atoms with Crippen molar-refractivity contribution in [3.63, 3.8) is 0 Å². The van der Waals surface area contributed by atoms with Crippen molar-refractivity contribution in [2.75, 3.05) is 5.32 Å². The molecule has 0 radical (unpaired) electrons. The van der Waals surface area contributed by atoms with Crippen LogP contribution in [0.4, 0.5) is 18.9 Å². The molecule has 0 fully saturated rings. The quantitative estimate of drug-likeness (QED) is 0.212. The number of carbonyl (C=O) groups is 2. The van der Waals surface area contributed by atoms with Crippen LogP contribution in [0.1, 0.15) is 22.8 Å². The van der Waals surface area contributed by atoms with Crippen LogP contribution in [-0.4, -0.2) is 28.7 Å². The summed E-state index contributed by atoms with van der Waals surface area (Å²) in [5, 5.41) is 7.29. The normalized spacial score (nSPS) is 11.9. The van der Waals surface area contributed by atoms with Crippen molar-refractivity contribution in [1.29, 1.82) is 0 Å². The molecule has 0 aliphatic carbocycles. The summed E-state index contributed by atoms with van der Waals surface area (Å²) in [6.45, 7) is 1.56. The van der Waals surface area contributed by atoms with Crippen LogP contribution in [0.3, 0.4) is 0 Å². The van der Waals surface area contributed by atoms with Gasteiger partial charge >= 0.3 is 12.1 Å². The highest BCUT2D eigenvalue weighted by atomic mass is 35.5. The van der Waals surface area contributed by atoms with Crippen LogP contribution in [0.25, 0.3) is 22.2 Å². The van der Waals surface area contributed by atoms with Gasteiger partial charge in [0.25, 0.3) is 5.91 Å². The minimum atomic E-state index is -5.02. The zero-order valence-corrected chi connectivity index (χ0v) is 20.5. The lowest BCUT2D eigenvalue weighted by Crippen LogP contribution is -2.29. The van der Waals surface area contributed by atoms with E-state index < -0.39 is 18.0 Å². The maximum Gasteiger partial charge on any atom is 0.471 e. The number of hydrogen-bond donors (Lipinski definition) is 2. The number of pyridine rings is 1. The molecule has 6 nitrogen and oxygen atoms in total. The number of hydrazone groups is 1. The van der Waals surface area contributed by atoms with Crippen molar-refractivity contribution in [1.82, 2.24) is 10.4 Å². The summed E-state index contributed by atoms with van der Waals surface area (Å²) in [5.74, 6) is -2.63. The van der Waals surface area contributed by atoms with E-state index in [2.05, 4.69) is 15.5 Å². The Morgan fingerprint density at radius 2 is 1.70 bits per heavy atom. The zero-order chi connectivity index (χ0) is 26.7. The van der Waals surface area contributed by atoms with E-state index in [1.165, 1.54) is 18.2 Å². The van der Waals surface area contributed by atoms with E-state index in [0.29, 0.717) is 43.5 Å². The molecular formula is C26H17Cl2F3N4O2. The summed E-state index contributed by atoms with van der Waals surface area (Å²) in [7, 11) is 0.